The molecule has 0 unspecified atom stereocenters. The molecule has 1 aromatic carbocycles. The maximum absolute atomic E-state index is 6.83. The van der Waals surface area contributed by atoms with E-state index in [0.717, 1.165) is 6.54 Å². The lowest BCUT2D eigenvalue weighted by atomic mass is 10.00. The second-order valence-corrected chi connectivity index (χ2v) is 14.0. The third-order valence-electron chi connectivity index (χ3n) is 6.36. The maximum atomic E-state index is 6.83. The van der Waals surface area contributed by atoms with Crippen LogP contribution in [0, 0.1) is 0 Å². The van der Waals surface area contributed by atoms with Crippen molar-refractivity contribution in [3.8, 4) is 0 Å². The summed E-state index contributed by atoms with van der Waals surface area (Å²) in [5, 5.41) is 0.236. The Labute approximate surface area is 154 Å². The normalized spacial score (nSPS) is 28.1. The van der Waals surface area contributed by atoms with Crippen molar-refractivity contribution < 1.29 is 9.16 Å². The van der Waals surface area contributed by atoms with Gasteiger partial charge in [0.05, 0.1) is 18.8 Å². The van der Waals surface area contributed by atoms with Crippen LogP contribution in [0.25, 0.3) is 0 Å². The molecule has 0 N–H and O–H groups in total. The molecule has 0 radical (unpaired) electrons. The smallest absolute Gasteiger partial charge is 0.192 e. The molecule has 0 aliphatic carbocycles. The van der Waals surface area contributed by atoms with Crippen molar-refractivity contribution in [1.29, 1.82) is 0 Å². The molecule has 3 atom stereocenters. The quantitative estimate of drug-likeness (QED) is 0.701. The predicted molar refractivity (Wildman–Crippen MR) is 106 cm³/mol. The topological polar surface area (TPSA) is 21.7 Å². The molecule has 2 fully saturated rings. The molecule has 25 heavy (non-hydrogen) atoms. The van der Waals surface area contributed by atoms with E-state index in [0.29, 0.717) is 12.6 Å². The van der Waals surface area contributed by atoms with Crippen LogP contribution in [0.1, 0.15) is 45.6 Å². The van der Waals surface area contributed by atoms with E-state index < -0.39 is 8.32 Å². The van der Waals surface area contributed by atoms with Crippen LogP contribution in [-0.2, 0) is 15.8 Å². The SMILES string of the molecule is CC(C)(C)[Si](C)(C)O[C@@H]1CN2CCCC[C@H]2[C@@H]1OCc1ccccc1. The summed E-state index contributed by atoms with van der Waals surface area (Å²) in [5.41, 5.74) is 1.25. The Hall–Kier alpha value is -0.683. The molecule has 2 saturated heterocycles. The van der Waals surface area contributed by atoms with Crippen LogP contribution in [0.4, 0.5) is 0 Å². The van der Waals surface area contributed by atoms with E-state index >= 15 is 0 Å². The molecule has 1 aromatic rings. The zero-order chi connectivity index (χ0) is 18.1. The van der Waals surface area contributed by atoms with Gasteiger partial charge in [-0.2, -0.15) is 0 Å². The molecule has 2 aliphatic heterocycles. The van der Waals surface area contributed by atoms with Gasteiger partial charge < -0.3 is 9.16 Å². The lowest BCUT2D eigenvalue weighted by Gasteiger charge is -2.40. The summed E-state index contributed by atoms with van der Waals surface area (Å²) in [6.45, 7) is 14.6. The number of ether oxygens (including phenoxy) is 1. The van der Waals surface area contributed by atoms with Gasteiger partial charge >= 0.3 is 0 Å². The Kier molecular flexibility index (Phi) is 5.74. The van der Waals surface area contributed by atoms with Crippen molar-refractivity contribution in [2.75, 3.05) is 13.1 Å². The molecule has 0 amide bonds. The largest absolute Gasteiger partial charge is 0.410 e. The van der Waals surface area contributed by atoms with Crippen molar-refractivity contribution >= 4 is 8.32 Å². The van der Waals surface area contributed by atoms with Crippen molar-refractivity contribution in [3.05, 3.63) is 35.9 Å². The first-order valence-electron chi connectivity index (χ1n) is 9.85. The van der Waals surface area contributed by atoms with Crippen LogP contribution < -0.4 is 0 Å². The Morgan fingerprint density at radius 3 is 2.52 bits per heavy atom. The highest BCUT2D eigenvalue weighted by Gasteiger charge is 2.48. The van der Waals surface area contributed by atoms with Gasteiger partial charge in [0.1, 0.15) is 0 Å². The molecule has 0 saturated carbocycles. The molecule has 0 spiro atoms. The number of nitrogens with zero attached hydrogens (tertiary/aromatic N) is 1. The minimum Gasteiger partial charge on any atom is -0.410 e. The fraction of sp³-hybridized carbons (Fsp3) is 0.714. The fourth-order valence-corrected chi connectivity index (χ4v) is 5.16. The van der Waals surface area contributed by atoms with Gasteiger partial charge in [0, 0.05) is 12.6 Å². The van der Waals surface area contributed by atoms with E-state index in [-0.39, 0.29) is 17.2 Å². The zero-order valence-electron chi connectivity index (χ0n) is 16.6. The summed E-state index contributed by atoms with van der Waals surface area (Å²) < 4.78 is 13.3. The summed E-state index contributed by atoms with van der Waals surface area (Å²) in [6.07, 6.45) is 4.30. The average molecular weight is 362 g/mol. The highest BCUT2D eigenvalue weighted by molar-refractivity contribution is 6.74. The van der Waals surface area contributed by atoms with E-state index in [1.807, 2.05) is 0 Å². The second kappa shape index (κ2) is 7.51. The third-order valence-corrected chi connectivity index (χ3v) is 10.9. The Morgan fingerprint density at radius 1 is 1.12 bits per heavy atom. The van der Waals surface area contributed by atoms with Gasteiger partial charge in [-0.25, -0.2) is 0 Å². The minimum atomic E-state index is -1.79. The number of rotatable bonds is 5. The van der Waals surface area contributed by atoms with E-state index in [4.69, 9.17) is 9.16 Å². The summed E-state index contributed by atoms with van der Waals surface area (Å²) in [7, 11) is -1.79. The first-order chi connectivity index (χ1) is 11.8. The van der Waals surface area contributed by atoms with E-state index in [1.165, 1.54) is 31.4 Å². The lowest BCUT2D eigenvalue weighted by Crippen LogP contribution is -2.48. The summed E-state index contributed by atoms with van der Waals surface area (Å²) in [4.78, 5) is 2.62. The van der Waals surface area contributed by atoms with Gasteiger partial charge in [-0.05, 0) is 43.1 Å². The first-order valence-corrected chi connectivity index (χ1v) is 12.8. The van der Waals surface area contributed by atoms with Gasteiger partial charge in [0.25, 0.3) is 0 Å². The molecule has 0 aromatic heterocycles. The molecule has 140 valence electrons. The average Bonchev–Trinajstić information content (AvgIpc) is 2.89. The highest BCUT2D eigenvalue weighted by atomic mass is 28.4. The molecule has 3 nitrogen and oxygen atoms in total. The standard InChI is InChI=1S/C21H35NO2Si/c1-21(2,3)25(4,5)24-19-15-22-14-10-9-13-18(22)20(19)23-16-17-11-7-6-8-12-17/h6-8,11-12,18-20H,9-10,13-16H2,1-5H3/t18-,19+,20-/m0/s1. The maximum Gasteiger partial charge on any atom is 0.192 e. The molecule has 0 bridgehead atoms. The van der Waals surface area contributed by atoms with E-state index in [1.54, 1.807) is 0 Å². The van der Waals surface area contributed by atoms with Gasteiger partial charge in [-0.3, -0.25) is 4.90 Å². The minimum absolute atomic E-state index is 0.203. The molecular formula is C21H35NO2Si. The fourth-order valence-electron chi connectivity index (χ4n) is 3.84. The first kappa shape index (κ1) is 19.1. The van der Waals surface area contributed by atoms with Crippen molar-refractivity contribution in [2.24, 2.45) is 0 Å². The molecule has 2 aliphatic rings. The van der Waals surface area contributed by atoms with Crippen LogP contribution in [-0.4, -0.2) is 44.6 Å². The van der Waals surface area contributed by atoms with Gasteiger partial charge in [-0.15, -0.1) is 0 Å². The van der Waals surface area contributed by atoms with Crippen LogP contribution >= 0.6 is 0 Å². The van der Waals surface area contributed by atoms with Crippen molar-refractivity contribution in [1.82, 2.24) is 4.90 Å². The molecule has 4 heteroatoms. The Morgan fingerprint density at radius 2 is 1.84 bits per heavy atom. The van der Waals surface area contributed by atoms with Gasteiger partial charge in [0.15, 0.2) is 8.32 Å². The molecule has 2 heterocycles. The van der Waals surface area contributed by atoms with E-state index in [9.17, 15) is 0 Å². The zero-order valence-corrected chi connectivity index (χ0v) is 17.6. The van der Waals surface area contributed by atoms with Crippen LogP contribution in [0.5, 0.6) is 0 Å². The molecule has 3 rings (SSSR count). The van der Waals surface area contributed by atoms with Gasteiger partial charge in [0.2, 0.25) is 0 Å². The lowest BCUT2D eigenvalue weighted by molar-refractivity contribution is -0.0363. The van der Waals surface area contributed by atoms with Crippen molar-refractivity contribution in [3.63, 3.8) is 0 Å². The predicted octanol–water partition coefficient (Wildman–Crippen LogP) is 4.83. The number of fused-ring (bicyclic) bond motifs is 1. The van der Waals surface area contributed by atoms with Crippen molar-refractivity contribution in [2.45, 2.75) is 83.0 Å². The van der Waals surface area contributed by atoms with Crippen LogP contribution in [0.3, 0.4) is 0 Å². The number of benzene rings is 1. The van der Waals surface area contributed by atoms with Crippen LogP contribution in [0.2, 0.25) is 18.1 Å². The summed E-state index contributed by atoms with van der Waals surface area (Å²) in [5.74, 6) is 0. The molecular weight excluding hydrogens is 326 g/mol. The Balaban J connectivity index is 1.72. The number of hydrogen-bond donors (Lipinski definition) is 0. The number of piperidine rings is 1. The van der Waals surface area contributed by atoms with E-state index in [2.05, 4.69) is 69.1 Å². The van der Waals surface area contributed by atoms with Crippen LogP contribution in [0.15, 0.2) is 30.3 Å². The number of hydrogen-bond acceptors (Lipinski definition) is 3. The Bertz CT molecular complexity index is 555. The monoisotopic (exact) mass is 361 g/mol. The van der Waals surface area contributed by atoms with Gasteiger partial charge in [-0.1, -0.05) is 57.5 Å². The third kappa shape index (κ3) is 4.36. The summed E-state index contributed by atoms with van der Waals surface area (Å²) in [6, 6.07) is 11.1. The second-order valence-electron chi connectivity index (χ2n) is 9.24. The summed E-state index contributed by atoms with van der Waals surface area (Å²) >= 11 is 0. The highest BCUT2D eigenvalue weighted by Crippen LogP contribution is 2.40.